The fourth-order valence-electron chi connectivity index (χ4n) is 1.86. The lowest BCUT2D eigenvalue weighted by Gasteiger charge is -2.23. The molecule has 0 saturated heterocycles. The molecule has 0 fully saturated rings. The monoisotopic (exact) mass is 298 g/mol. The van der Waals surface area contributed by atoms with Crippen LogP contribution in [-0.2, 0) is 0 Å². The maximum absolute atomic E-state index is 5.78. The molecule has 3 N–H and O–H groups in total. The standard InChI is InChI=1S/C14H23BrN2/c1-10(2)12(8-16)9-17-11(3)13-6-4-5-7-14(13)15/h4-7,10-12,17H,8-9,16H2,1-3H3. The Kier molecular flexibility index (Phi) is 6.17. The highest BCUT2D eigenvalue weighted by Gasteiger charge is 2.14. The van der Waals surface area contributed by atoms with Gasteiger partial charge in [0.25, 0.3) is 0 Å². The smallest absolute Gasteiger partial charge is 0.0303 e. The normalized spacial score (nSPS) is 14.9. The number of hydrogen-bond acceptors (Lipinski definition) is 2. The van der Waals surface area contributed by atoms with Crippen LogP contribution >= 0.6 is 15.9 Å². The SMILES string of the molecule is CC(NCC(CN)C(C)C)c1ccccc1Br. The van der Waals surface area contributed by atoms with Crippen molar-refractivity contribution in [2.45, 2.75) is 26.8 Å². The van der Waals surface area contributed by atoms with Crippen LogP contribution < -0.4 is 11.1 Å². The lowest BCUT2D eigenvalue weighted by atomic mass is 9.95. The molecule has 3 heteroatoms. The van der Waals surface area contributed by atoms with Crippen LogP contribution in [0.2, 0.25) is 0 Å². The molecule has 1 rings (SSSR count). The van der Waals surface area contributed by atoms with Crippen LogP contribution in [0.1, 0.15) is 32.4 Å². The highest BCUT2D eigenvalue weighted by atomic mass is 79.9. The van der Waals surface area contributed by atoms with E-state index in [4.69, 9.17) is 5.73 Å². The summed E-state index contributed by atoms with van der Waals surface area (Å²) in [5.74, 6) is 1.17. The van der Waals surface area contributed by atoms with Crippen molar-refractivity contribution in [1.82, 2.24) is 5.32 Å². The number of nitrogens with one attached hydrogen (secondary N) is 1. The summed E-state index contributed by atoms with van der Waals surface area (Å²) in [6.45, 7) is 8.35. The summed E-state index contributed by atoms with van der Waals surface area (Å²) in [6, 6.07) is 8.68. The highest BCUT2D eigenvalue weighted by molar-refractivity contribution is 9.10. The Bertz CT molecular complexity index is 339. The Morgan fingerprint density at radius 1 is 1.24 bits per heavy atom. The van der Waals surface area contributed by atoms with Crippen LogP contribution in [-0.4, -0.2) is 13.1 Å². The van der Waals surface area contributed by atoms with Crippen molar-refractivity contribution in [3.8, 4) is 0 Å². The van der Waals surface area contributed by atoms with E-state index >= 15 is 0 Å². The van der Waals surface area contributed by atoms with E-state index in [9.17, 15) is 0 Å². The fourth-order valence-corrected chi connectivity index (χ4v) is 2.48. The lowest BCUT2D eigenvalue weighted by molar-refractivity contribution is 0.356. The number of halogens is 1. The van der Waals surface area contributed by atoms with E-state index in [0.717, 1.165) is 17.6 Å². The Morgan fingerprint density at radius 2 is 1.88 bits per heavy atom. The van der Waals surface area contributed by atoms with Crippen LogP contribution in [0.25, 0.3) is 0 Å². The maximum Gasteiger partial charge on any atom is 0.0303 e. The van der Waals surface area contributed by atoms with Gasteiger partial charge in [-0.05, 0) is 43.5 Å². The van der Waals surface area contributed by atoms with Gasteiger partial charge in [-0.3, -0.25) is 0 Å². The van der Waals surface area contributed by atoms with Gasteiger partial charge in [0.2, 0.25) is 0 Å². The van der Waals surface area contributed by atoms with E-state index in [1.54, 1.807) is 0 Å². The topological polar surface area (TPSA) is 38.0 Å². The van der Waals surface area contributed by atoms with E-state index < -0.39 is 0 Å². The molecule has 0 spiro atoms. The lowest BCUT2D eigenvalue weighted by Crippen LogP contribution is -2.33. The number of benzene rings is 1. The van der Waals surface area contributed by atoms with Gasteiger partial charge in [-0.2, -0.15) is 0 Å². The largest absolute Gasteiger partial charge is 0.330 e. The van der Waals surface area contributed by atoms with Crippen LogP contribution in [0, 0.1) is 11.8 Å². The molecule has 2 nitrogen and oxygen atoms in total. The van der Waals surface area contributed by atoms with E-state index in [0.29, 0.717) is 17.9 Å². The molecule has 0 heterocycles. The molecule has 17 heavy (non-hydrogen) atoms. The Hall–Kier alpha value is -0.380. The molecule has 1 aromatic carbocycles. The molecule has 96 valence electrons. The van der Waals surface area contributed by atoms with Gasteiger partial charge < -0.3 is 11.1 Å². The van der Waals surface area contributed by atoms with Crippen LogP contribution in [0.5, 0.6) is 0 Å². The second-order valence-corrected chi connectivity index (χ2v) is 5.75. The van der Waals surface area contributed by atoms with Crippen molar-refractivity contribution in [2.75, 3.05) is 13.1 Å². The predicted octanol–water partition coefficient (Wildman–Crippen LogP) is 3.33. The minimum Gasteiger partial charge on any atom is -0.330 e. The average molecular weight is 299 g/mol. The van der Waals surface area contributed by atoms with Crippen molar-refractivity contribution in [3.05, 3.63) is 34.3 Å². The van der Waals surface area contributed by atoms with E-state index in [2.05, 4.69) is 60.2 Å². The van der Waals surface area contributed by atoms with Gasteiger partial charge >= 0.3 is 0 Å². The van der Waals surface area contributed by atoms with Gasteiger partial charge in [0.05, 0.1) is 0 Å². The first-order valence-electron chi connectivity index (χ1n) is 6.24. The zero-order valence-electron chi connectivity index (χ0n) is 10.9. The van der Waals surface area contributed by atoms with Gasteiger partial charge in [0.15, 0.2) is 0 Å². The molecule has 1 aromatic rings. The minimum atomic E-state index is 0.346. The maximum atomic E-state index is 5.78. The average Bonchev–Trinajstić information content (AvgIpc) is 2.29. The van der Waals surface area contributed by atoms with Crippen molar-refractivity contribution >= 4 is 15.9 Å². The van der Waals surface area contributed by atoms with Crippen molar-refractivity contribution < 1.29 is 0 Å². The van der Waals surface area contributed by atoms with Gasteiger partial charge in [0, 0.05) is 10.5 Å². The van der Waals surface area contributed by atoms with E-state index in [1.165, 1.54) is 5.56 Å². The molecule has 0 amide bonds. The Balaban J connectivity index is 2.55. The molecular formula is C14H23BrN2. The molecule has 0 aliphatic heterocycles. The number of rotatable bonds is 6. The number of hydrogen-bond donors (Lipinski definition) is 2. The van der Waals surface area contributed by atoms with Gasteiger partial charge in [-0.1, -0.05) is 48.0 Å². The summed E-state index contributed by atoms with van der Waals surface area (Å²) >= 11 is 3.59. The van der Waals surface area contributed by atoms with Crippen molar-refractivity contribution in [3.63, 3.8) is 0 Å². The number of nitrogens with two attached hydrogens (primary N) is 1. The third kappa shape index (κ3) is 4.41. The first kappa shape index (κ1) is 14.7. The molecule has 2 atom stereocenters. The van der Waals surface area contributed by atoms with Gasteiger partial charge in [-0.25, -0.2) is 0 Å². The molecule has 0 saturated carbocycles. The summed E-state index contributed by atoms with van der Waals surface area (Å²) < 4.78 is 1.16. The summed E-state index contributed by atoms with van der Waals surface area (Å²) in [7, 11) is 0. The van der Waals surface area contributed by atoms with Crippen molar-refractivity contribution in [1.29, 1.82) is 0 Å². The van der Waals surface area contributed by atoms with Crippen molar-refractivity contribution in [2.24, 2.45) is 17.6 Å². The summed E-state index contributed by atoms with van der Waals surface area (Å²) in [6.07, 6.45) is 0. The molecular weight excluding hydrogens is 276 g/mol. The Morgan fingerprint density at radius 3 is 2.41 bits per heavy atom. The van der Waals surface area contributed by atoms with Crippen LogP contribution in [0.3, 0.4) is 0 Å². The quantitative estimate of drug-likeness (QED) is 0.845. The fraction of sp³-hybridized carbons (Fsp3) is 0.571. The first-order chi connectivity index (χ1) is 8.06. The van der Waals surface area contributed by atoms with E-state index in [-0.39, 0.29) is 0 Å². The Labute approximate surface area is 113 Å². The summed E-state index contributed by atoms with van der Waals surface area (Å²) in [5.41, 5.74) is 7.08. The predicted molar refractivity (Wildman–Crippen MR) is 77.9 cm³/mol. The zero-order valence-corrected chi connectivity index (χ0v) is 12.5. The third-order valence-corrected chi connectivity index (χ3v) is 4.03. The molecule has 2 unspecified atom stereocenters. The second-order valence-electron chi connectivity index (χ2n) is 4.89. The summed E-state index contributed by atoms with van der Waals surface area (Å²) in [4.78, 5) is 0. The molecule has 0 radical (unpaired) electrons. The molecule has 0 bridgehead atoms. The first-order valence-corrected chi connectivity index (χ1v) is 7.03. The highest BCUT2D eigenvalue weighted by Crippen LogP contribution is 2.23. The molecule has 0 aliphatic carbocycles. The van der Waals surface area contributed by atoms with Crippen LogP contribution in [0.15, 0.2) is 28.7 Å². The third-order valence-electron chi connectivity index (χ3n) is 3.30. The molecule has 0 aliphatic rings. The van der Waals surface area contributed by atoms with Gasteiger partial charge in [0.1, 0.15) is 0 Å². The molecule has 0 aromatic heterocycles. The van der Waals surface area contributed by atoms with Crippen LogP contribution in [0.4, 0.5) is 0 Å². The van der Waals surface area contributed by atoms with Gasteiger partial charge in [-0.15, -0.1) is 0 Å². The van der Waals surface area contributed by atoms with E-state index in [1.807, 2.05) is 6.07 Å². The second kappa shape index (κ2) is 7.14. The minimum absolute atomic E-state index is 0.346. The summed E-state index contributed by atoms with van der Waals surface area (Å²) in [5, 5.41) is 3.56. The zero-order chi connectivity index (χ0) is 12.8.